The molecule has 0 saturated heterocycles. The summed E-state index contributed by atoms with van der Waals surface area (Å²) in [7, 11) is 0. The first-order valence-corrected chi connectivity index (χ1v) is 3.64. The summed E-state index contributed by atoms with van der Waals surface area (Å²) in [6, 6.07) is 5.99. The van der Waals surface area contributed by atoms with Gasteiger partial charge >= 0.3 is 0 Å². The van der Waals surface area contributed by atoms with Gasteiger partial charge < -0.3 is 5.73 Å². The Kier molecular flexibility index (Phi) is 1.99. The highest BCUT2D eigenvalue weighted by atomic mass is 14.6. The topological polar surface area (TPSA) is 26.0 Å². The maximum Gasteiger partial charge on any atom is 0.0419 e. The van der Waals surface area contributed by atoms with Crippen molar-refractivity contribution in [3.8, 4) is 0 Å². The molecule has 1 aromatic rings. The predicted molar refractivity (Wildman–Crippen MR) is 50.3 cm³/mol. The average molecular weight is 147 g/mol. The summed E-state index contributed by atoms with van der Waals surface area (Å²) < 4.78 is 0. The van der Waals surface area contributed by atoms with Crippen LogP contribution in [0.3, 0.4) is 0 Å². The van der Waals surface area contributed by atoms with E-state index in [0.717, 1.165) is 22.4 Å². The minimum Gasteiger partial charge on any atom is -0.398 e. The van der Waals surface area contributed by atoms with Crippen molar-refractivity contribution in [2.24, 2.45) is 0 Å². The van der Waals surface area contributed by atoms with Crippen LogP contribution in [0.2, 0.25) is 0 Å². The van der Waals surface area contributed by atoms with Gasteiger partial charge in [-0.1, -0.05) is 24.8 Å². The molecule has 1 nitrogen and oxygen atoms in total. The van der Waals surface area contributed by atoms with Crippen molar-refractivity contribution in [1.82, 2.24) is 0 Å². The molecule has 0 aromatic heterocycles. The molecule has 0 aliphatic rings. The largest absolute Gasteiger partial charge is 0.398 e. The van der Waals surface area contributed by atoms with Crippen LogP contribution in [0, 0.1) is 6.92 Å². The Balaban J connectivity index is 3.27. The maximum atomic E-state index is 5.82. The fourth-order valence-electron chi connectivity index (χ4n) is 1.05. The number of anilines is 1. The minimum absolute atomic E-state index is 0.847. The Hall–Kier alpha value is -1.24. The highest BCUT2D eigenvalue weighted by molar-refractivity contribution is 5.74. The molecule has 0 unspecified atom stereocenters. The van der Waals surface area contributed by atoms with Crippen LogP contribution in [-0.2, 0) is 0 Å². The van der Waals surface area contributed by atoms with Gasteiger partial charge in [0.1, 0.15) is 0 Å². The third-order valence-electron chi connectivity index (χ3n) is 1.78. The van der Waals surface area contributed by atoms with Crippen LogP contribution in [0.5, 0.6) is 0 Å². The number of aryl methyl sites for hydroxylation is 1. The van der Waals surface area contributed by atoms with Crippen molar-refractivity contribution in [2.75, 3.05) is 5.73 Å². The number of allylic oxidation sites excluding steroid dienone is 1. The summed E-state index contributed by atoms with van der Waals surface area (Å²) in [6.07, 6.45) is 0. The molecule has 0 atom stereocenters. The third-order valence-corrected chi connectivity index (χ3v) is 1.78. The molecule has 0 saturated carbocycles. The van der Waals surface area contributed by atoms with Crippen molar-refractivity contribution < 1.29 is 0 Å². The molecule has 2 N–H and O–H groups in total. The molecule has 0 amide bonds. The van der Waals surface area contributed by atoms with Gasteiger partial charge in [-0.3, -0.25) is 0 Å². The van der Waals surface area contributed by atoms with Crippen LogP contribution in [-0.4, -0.2) is 0 Å². The van der Waals surface area contributed by atoms with E-state index in [1.807, 2.05) is 32.0 Å². The van der Waals surface area contributed by atoms with E-state index in [4.69, 9.17) is 5.73 Å². The number of hydrogen-bond acceptors (Lipinski definition) is 1. The SMILES string of the molecule is C=C(C)c1cccc(C)c1N. The molecule has 0 spiro atoms. The third kappa shape index (κ3) is 1.43. The van der Waals surface area contributed by atoms with Crippen molar-refractivity contribution in [1.29, 1.82) is 0 Å². The number of nitrogens with two attached hydrogens (primary N) is 1. The van der Waals surface area contributed by atoms with Gasteiger partial charge in [0.2, 0.25) is 0 Å². The normalized spacial score (nSPS) is 9.64. The first-order chi connectivity index (χ1) is 5.13. The quantitative estimate of drug-likeness (QED) is 0.607. The van der Waals surface area contributed by atoms with Crippen molar-refractivity contribution in [3.05, 3.63) is 35.9 Å². The summed E-state index contributed by atoms with van der Waals surface area (Å²) in [5.74, 6) is 0. The second-order valence-corrected chi connectivity index (χ2v) is 2.82. The van der Waals surface area contributed by atoms with Gasteiger partial charge in [0.25, 0.3) is 0 Å². The Morgan fingerprint density at radius 2 is 2.09 bits per heavy atom. The van der Waals surface area contributed by atoms with E-state index in [0.29, 0.717) is 0 Å². The van der Waals surface area contributed by atoms with Crippen molar-refractivity contribution in [2.45, 2.75) is 13.8 Å². The van der Waals surface area contributed by atoms with E-state index in [-0.39, 0.29) is 0 Å². The Labute approximate surface area is 67.5 Å². The van der Waals surface area contributed by atoms with E-state index >= 15 is 0 Å². The van der Waals surface area contributed by atoms with E-state index in [1.54, 1.807) is 0 Å². The minimum atomic E-state index is 0.847. The first-order valence-electron chi connectivity index (χ1n) is 3.64. The van der Waals surface area contributed by atoms with E-state index in [1.165, 1.54) is 0 Å². The number of nitrogen functional groups attached to an aromatic ring is 1. The van der Waals surface area contributed by atoms with Gasteiger partial charge in [0.05, 0.1) is 0 Å². The molecule has 1 rings (SSSR count). The molecule has 1 aromatic carbocycles. The molecule has 0 aliphatic carbocycles. The zero-order valence-electron chi connectivity index (χ0n) is 7.02. The lowest BCUT2D eigenvalue weighted by molar-refractivity contribution is 1.44. The smallest absolute Gasteiger partial charge is 0.0419 e. The molecular formula is C10H13N. The van der Waals surface area contributed by atoms with Crippen LogP contribution in [0.15, 0.2) is 24.8 Å². The van der Waals surface area contributed by atoms with Crippen LogP contribution in [0.4, 0.5) is 5.69 Å². The van der Waals surface area contributed by atoms with Gasteiger partial charge in [-0.25, -0.2) is 0 Å². The second-order valence-electron chi connectivity index (χ2n) is 2.82. The van der Waals surface area contributed by atoms with Gasteiger partial charge in [0, 0.05) is 5.69 Å². The summed E-state index contributed by atoms with van der Waals surface area (Å²) in [5, 5.41) is 0. The Morgan fingerprint density at radius 1 is 1.45 bits per heavy atom. The Bertz CT molecular complexity index is 287. The van der Waals surface area contributed by atoms with Gasteiger partial charge in [-0.05, 0) is 30.5 Å². The van der Waals surface area contributed by atoms with Crippen LogP contribution < -0.4 is 5.73 Å². The number of para-hydroxylation sites is 1. The van der Waals surface area contributed by atoms with Crippen LogP contribution in [0.1, 0.15) is 18.1 Å². The monoisotopic (exact) mass is 147 g/mol. The summed E-state index contributed by atoms with van der Waals surface area (Å²) in [4.78, 5) is 0. The highest BCUT2D eigenvalue weighted by Gasteiger charge is 1.99. The lowest BCUT2D eigenvalue weighted by Gasteiger charge is -2.06. The molecule has 0 bridgehead atoms. The molecule has 0 radical (unpaired) electrons. The fourth-order valence-corrected chi connectivity index (χ4v) is 1.05. The van der Waals surface area contributed by atoms with Crippen molar-refractivity contribution >= 4 is 11.3 Å². The predicted octanol–water partition coefficient (Wildman–Crippen LogP) is 2.61. The van der Waals surface area contributed by atoms with Gasteiger partial charge in [-0.2, -0.15) is 0 Å². The van der Waals surface area contributed by atoms with E-state index in [9.17, 15) is 0 Å². The van der Waals surface area contributed by atoms with E-state index in [2.05, 4.69) is 6.58 Å². The Morgan fingerprint density at radius 3 is 2.55 bits per heavy atom. The van der Waals surface area contributed by atoms with E-state index < -0.39 is 0 Å². The number of rotatable bonds is 1. The average Bonchev–Trinajstić information content (AvgIpc) is 1.94. The molecule has 1 heteroatoms. The van der Waals surface area contributed by atoms with Crippen molar-refractivity contribution in [3.63, 3.8) is 0 Å². The van der Waals surface area contributed by atoms with Crippen LogP contribution in [0.25, 0.3) is 5.57 Å². The van der Waals surface area contributed by atoms with Gasteiger partial charge in [-0.15, -0.1) is 0 Å². The van der Waals surface area contributed by atoms with Crippen LogP contribution >= 0.6 is 0 Å². The second kappa shape index (κ2) is 2.79. The zero-order chi connectivity index (χ0) is 8.43. The maximum absolute atomic E-state index is 5.82. The molecular weight excluding hydrogens is 134 g/mol. The molecule has 58 valence electrons. The molecule has 0 fully saturated rings. The summed E-state index contributed by atoms with van der Waals surface area (Å²) >= 11 is 0. The molecule has 11 heavy (non-hydrogen) atoms. The standard InChI is InChI=1S/C10H13N/c1-7(2)9-6-4-5-8(3)10(9)11/h4-6H,1,11H2,2-3H3. The lowest BCUT2D eigenvalue weighted by Crippen LogP contribution is -1.94. The van der Waals surface area contributed by atoms with Gasteiger partial charge in [0.15, 0.2) is 0 Å². The molecule has 0 aliphatic heterocycles. The molecule has 0 heterocycles. The first kappa shape index (κ1) is 7.86. The summed E-state index contributed by atoms with van der Waals surface area (Å²) in [6.45, 7) is 7.81. The zero-order valence-corrected chi connectivity index (χ0v) is 7.02. The summed E-state index contributed by atoms with van der Waals surface area (Å²) in [5.41, 5.74) is 9.87. The number of hydrogen-bond donors (Lipinski definition) is 1. The number of benzene rings is 1. The fraction of sp³-hybridized carbons (Fsp3) is 0.200. The highest BCUT2D eigenvalue weighted by Crippen LogP contribution is 2.22. The lowest BCUT2D eigenvalue weighted by atomic mass is 10.0.